The van der Waals surface area contributed by atoms with Crippen molar-refractivity contribution in [3.63, 3.8) is 0 Å². The summed E-state index contributed by atoms with van der Waals surface area (Å²) in [5, 5.41) is 9.06. The number of nitrogens with one attached hydrogen (secondary N) is 1. The molecule has 0 aromatic heterocycles. The molecular weight excluding hydrogens is 295 g/mol. The van der Waals surface area contributed by atoms with Crippen molar-refractivity contribution in [3.05, 3.63) is 29.6 Å². The SMILES string of the molecule is CCN1CCCC(NS(=O)(=O)c2cc(CO)ccc2F)C1. The fourth-order valence-electron chi connectivity index (χ4n) is 2.57. The number of sulfonamides is 1. The highest BCUT2D eigenvalue weighted by Gasteiger charge is 2.26. The largest absolute Gasteiger partial charge is 0.392 e. The maximum Gasteiger partial charge on any atom is 0.243 e. The zero-order valence-electron chi connectivity index (χ0n) is 12.0. The minimum Gasteiger partial charge on any atom is -0.392 e. The van der Waals surface area contributed by atoms with Crippen LogP contribution >= 0.6 is 0 Å². The molecule has 1 aromatic carbocycles. The van der Waals surface area contributed by atoms with E-state index >= 15 is 0 Å². The first-order valence-electron chi connectivity index (χ1n) is 7.10. The van der Waals surface area contributed by atoms with Gasteiger partial charge < -0.3 is 10.0 Å². The van der Waals surface area contributed by atoms with Crippen molar-refractivity contribution in [2.45, 2.75) is 37.3 Å². The zero-order chi connectivity index (χ0) is 15.5. The van der Waals surface area contributed by atoms with Crippen molar-refractivity contribution in [2.24, 2.45) is 0 Å². The summed E-state index contributed by atoms with van der Waals surface area (Å²) in [4.78, 5) is 1.76. The Bertz CT molecular complexity index is 592. The third kappa shape index (κ3) is 4.00. The summed E-state index contributed by atoms with van der Waals surface area (Å²) < 4.78 is 41.0. The second-order valence-corrected chi connectivity index (χ2v) is 6.96. The normalized spacial score (nSPS) is 20.6. The van der Waals surface area contributed by atoms with Crippen LogP contribution in [0.5, 0.6) is 0 Å². The van der Waals surface area contributed by atoms with Gasteiger partial charge in [0.2, 0.25) is 10.0 Å². The minimum absolute atomic E-state index is 0.208. The molecule has 0 spiro atoms. The van der Waals surface area contributed by atoms with Crippen molar-refractivity contribution in [1.82, 2.24) is 9.62 Å². The van der Waals surface area contributed by atoms with Gasteiger partial charge in [-0.3, -0.25) is 0 Å². The molecule has 0 bridgehead atoms. The number of likely N-dealkylation sites (N-methyl/N-ethyl adjacent to an activating group) is 1. The number of aliphatic hydroxyl groups is 1. The van der Waals surface area contributed by atoms with Gasteiger partial charge in [0, 0.05) is 12.6 Å². The van der Waals surface area contributed by atoms with Crippen LogP contribution in [0.3, 0.4) is 0 Å². The highest BCUT2D eigenvalue weighted by Crippen LogP contribution is 2.19. The van der Waals surface area contributed by atoms with Crippen LogP contribution in [-0.4, -0.2) is 44.1 Å². The standard InChI is InChI=1S/C14H21FN2O3S/c1-2-17-7-3-4-12(9-17)16-21(19,20)14-8-11(10-18)5-6-13(14)15/h5-6,8,12,16,18H,2-4,7,9-10H2,1H3. The molecule has 2 rings (SSSR count). The third-order valence-corrected chi connectivity index (χ3v) is 5.28. The third-order valence-electron chi connectivity index (χ3n) is 3.74. The molecule has 21 heavy (non-hydrogen) atoms. The van der Waals surface area contributed by atoms with Crippen molar-refractivity contribution in [2.75, 3.05) is 19.6 Å². The van der Waals surface area contributed by atoms with Crippen LogP contribution in [0.1, 0.15) is 25.3 Å². The number of piperidine rings is 1. The average molecular weight is 316 g/mol. The molecule has 0 amide bonds. The summed E-state index contributed by atoms with van der Waals surface area (Å²) in [6, 6.07) is 3.41. The first-order chi connectivity index (χ1) is 9.96. The van der Waals surface area contributed by atoms with E-state index in [1.54, 1.807) is 0 Å². The van der Waals surface area contributed by atoms with Crippen LogP contribution in [0, 0.1) is 5.82 Å². The first kappa shape index (κ1) is 16.4. The molecule has 1 heterocycles. The Hall–Kier alpha value is -1.02. The molecule has 0 radical (unpaired) electrons. The van der Waals surface area contributed by atoms with E-state index in [1.807, 2.05) is 6.92 Å². The fourth-order valence-corrected chi connectivity index (χ4v) is 3.96. The van der Waals surface area contributed by atoms with Crippen molar-refractivity contribution in [1.29, 1.82) is 0 Å². The van der Waals surface area contributed by atoms with Crippen molar-refractivity contribution >= 4 is 10.0 Å². The Morgan fingerprint density at radius 3 is 2.90 bits per heavy atom. The molecule has 7 heteroatoms. The summed E-state index contributed by atoms with van der Waals surface area (Å²) in [7, 11) is -3.92. The van der Waals surface area contributed by atoms with Gasteiger partial charge in [0.25, 0.3) is 0 Å². The molecular formula is C14H21FN2O3S. The van der Waals surface area contributed by atoms with E-state index in [4.69, 9.17) is 5.11 Å². The van der Waals surface area contributed by atoms with E-state index in [0.29, 0.717) is 12.1 Å². The number of benzene rings is 1. The molecule has 118 valence electrons. The van der Waals surface area contributed by atoms with Gasteiger partial charge in [-0.05, 0) is 43.6 Å². The highest BCUT2D eigenvalue weighted by atomic mass is 32.2. The summed E-state index contributed by atoms with van der Waals surface area (Å²) in [6.07, 6.45) is 1.66. The molecule has 5 nitrogen and oxygen atoms in total. The van der Waals surface area contributed by atoms with Crippen LogP contribution < -0.4 is 4.72 Å². The number of likely N-dealkylation sites (tertiary alicyclic amines) is 1. The zero-order valence-corrected chi connectivity index (χ0v) is 12.9. The lowest BCUT2D eigenvalue weighted by Crippen LogP contribution is -2.47. The summed E-state index contributed by atoms with van der Waals surface area (Å²) in [6.45, 7) is 4.17. The van der Waals surface area contributed by atoms with E-state index < -0.39 is 20.7 Å². The Morgan fingerprint density at radius 2 is 2.24 bits per heavy atom. The molecule has 1 unspecified atom stereocenters. The van der Waals surface area contributed by atoms with Gasteiger partial charge in [-0.25, -0.2) is 17.5 Å². The summed E-state index contributed by atoms with van der Waals surface area (Å²) >= 11 is 0. The number of aliphatic hydroxyl groups excluding tert-OH is 1. The second-order valence-electron chi connectivity index (χ2n) is 5.28. The van der Waals surface area contributed by atoms with Gasteiger partial charge in [-0.15, -0.1) is 0 Å². The minimum atomic E-state index is -3.92. The number of halogens is 1. The predicted octanol–water partition coefficient (Wildman–Crippen LogP) is 1.08. The number of hydrogen-bond donors (Lipinski definition) is 2. The molecule has 1 saturated heterocycles. The quantitative estimate of drug-likeness (QED) is 0.853. The van der Waals surface area contributed by atoms with Crippen molar-refractivity contribution < 1.29 is 17.9 Å². The number of nitrogens with zero attached hydrogens (tertiary/aromatic N) is 1. The first-order valence-corrected chi connectivity index (χ1v) is 8.58. The lowest BCUT2D eigenvalue weighted by Gasteiger charge is -2.32. The molecule has 0 saturated carbocycles. The molecule has 1 fully saturated rings. The maximum atomic E-state index is 13.8. The van der Waals surface area contributed by atoms with Gasteiger partial charge >= 0.3 is 0 Å². The Labute approximate surface area is 124 Å². The van der Waals surface area contributed by atoms with Crippen LogP contribution in [0.4, 0.5) is 4.39 Å². The molecule has 1 aliphatic heterocycles. The molecule has 1 atom stereocenters. The average Bonchev–Trinajstić information content (AvgIpc) is 2.47. The Morgan fingerprint density at radius 1 is 1.48 bits per heavy atom. The molecule has 0 aliphatic carbocycles. The van der Waals surface area contributed by atoms with Crippen LogP contribution in [0.15, 0.2) is 23.1 Å². The lowest BCUT2D eigenvalue weighted by molar-refractivity contribution is 0.211. The monoisotopic (exact) mass is 316 g/mol. The fraction of sp³-hybridized carbons (Fsp3) is 0.571. The smallest absolute Gasteiger partial charge is 0.243 e. The molecule has 1 aliphatic rings. The van der Waals surface area contributed by atoms with E-state index in [-0.39, 0.29) is 12.6 Å². The van der Waals surface area contributed by atoms with Crippen LogP contribution in [0.2, 0.25) is 0 Å². The summed E-state index contributed by atoms with van der Waals surface area (Å²) in [5.41, 5.74) is 0.371. The highest BCUT2D eigenvalue weighted by molar-refractivity contribution is 7.89. The number of rotatable bonds is 5. The van der Waals surface area contributed by atoms with Crippen LogP contribution in [-0.2, 0) is 16.6 Å². The second kappa shape index (κ2) is 6.83. The van der Waals surface area contributed by atoms with E-state index in [0.717, 1.165) is 32.0 Å². The molecule has 2 N–H and O–H groups in total. The Balaban J connectivity index is 2.18. The topological polar surface area (TPSA) is 69.6 Å². The summed E-state index contributed by atoms with van der Waals surface area (Å²) in [5.74, 6) is -0.803. The predicted molar refractivity (Wildman–Crippen MR) is 77.8 cm³/mol. The maximum absolute atomic E-state index is 13.8. The van der Waals surface area contributed by atoms with Crippen LogP contribution in [0.25, 0.3) is 0 Å². The Kier molecular flexibility index (Phi) is 5.32. The van der Waals surface area contributed by atoms with Crippen molar-refractivity contribution in [3.8, 4) is 0 Å². The molecule has 1 aromatic rings. The van der Waals surface area contributed by atoms with E-state index in [2.05, 4.69) is 9.62 Å². The van der Waals surface area contributed by atoms with E-state index in [1.165, 1.54) is 12.1 Å². The van der Waals surface area contributed by atoms with Gasteiger partial charge in [-0.1, -0.05) is 13.0 Å². The number of hydrogen-bond acceptors (Lipinski definition) is 4. The van der Waals surface area contributed by atoms with Gasteiger partial charge in [-0.2, -0.15) is 0 Å². The lowest BCUT2D eigenvalue weighted by atomic mass is 10.1. The van der Waals surface area contributed by atoms with Gasteiger partial charge in [0.15, 0.2) is 0 Å². The van der Waals surface area contributed by atoms with Gasteiger partial charge in [0.05, 0.1) is 6.61 Å². The van der Waals surface area contributed by atoms with Gasteiger partial charge in [0.1, 0.15) is 10.7 Å². The van der Waals surface area contributed by atoms with E-state index in [9.17, 15) is 12.8 Å².